The van der Waals surface area contributed by atoms with E-state index >= 15 is 0 Å². The van der Waals surface area contributed by atoms with E-state index in [9.17, 15) is 18.0 Å². The van der Waals surface area contributed by atoms with Gasteiger partial charge in [0.05, 0.1) is 10.5 Å². The highest BCUT2D eigenvalue weighted by atomic mass is 32.2. The summed E-state index contributed by atoms with van der Waals surface area (Å²) in [6.45, 7) is 4.83. The van der Waals surface area contributed by atoms with Crippen LogP contribution in [0.5, 0.6) is 0 Å². The smallest absolute Gasteiger partial charge is 0.338 e. The van der Waals surface area contributed by atoms with Crippen LogP contribution >= 0.6 is 0 Å². The van der Waals surface area contributed by atoms with E-state index in [1.807, 2.05) is 18.2 Å². The molecule has 1 fully saturated rings. The van der Waals surface area contributed by atoms with Gasteiger partial charge in [-0.25, -0.2) is 13.2 Å². The SMILES string of the molecule is Cc1ccc(S(C)(=O)=O)cc1C(=O)OCC(=O)N1CCN(Cc2ccccc2)CC1. The third-order valence-electron chi connectivity index (χ3n) is 5.16. The summed E-state index contributed by atoms with van der Waals surface area (Å²) in [6, 6.07) is 14.5. The van der Waals surface area contributed by atoms with Gasteiger partial charge < -0.3 is 9.64 Å². The highest BCUT2D eigenvalue weighted by molar-refractivity contribution is 7.90. The normalized spacial score (nSPS) is 15.1. The van der Waals surface area contributed by atoms with Gasteiger partial charge in [-0.15, -0.1) is 0 Å². The van der Waals surface area contributed by atoms with E-state index < -0.39 is 15.8 Å². The fourth-order valence-electron chi connectivity index (χ4n) is 3.34. The molecule has 8 heteroatoms. The molecule has 1 heterocycles. The number of rotatable bonds is 6. The molecule has 0 aromatic heterocycles. The van der Waals surface area contributed by atoms with Crippen molar-refractivity contribution in [1.82, 2.24) is 9.80 Å². The van der Waals surface area contributed by atoms with E-state index in [-0.39, 0.29) is 23.0 Å². The predicted octanol–water partition coefficient (Wildman–Crippen LogP) is 1.90. The molecule has 1 aliphatic heterocycles. The summed E-state index contributed by atoms with van der Waals surface area (Å²) in [7, 11) is -3.44. The van der Waals surface area contributed by atoms with Crippen molar-refractivity contribution in [3.05, 3.63) is 65.2 Å². The molecule has 2 aromatic carbocycles. The van der Waals surface area contributed by atoms with Gasteiger partial charge in [-0.1, -0.05) is 36.4 Å². The van der Waals surface area contributed by atoms with Crippen LogP contribution in [-0.2, 0) is 25.9 Å². The number of sulfone groups is 1. The summed E-state index contributed by atoms with van der Waals surface area (Å²) in [5, 5.41) is 0. The maximum Gasteiger partial charge on any atom is 0.338 e. The van der Waals surface area contributed by atoms with Crippen LogP contribution in [-0.4, -0.2) is 69.1 Å². The molecule has 0 bridgehead atoms. The van der Waals surface area contributed by atoms with Crippen molar-refractivity contribution in [1.29, 1.82) is 0 Å². The molecule has 1 aliphatic rings. The number of hydrogen-bond acceptors (Lipinski definition) is 6. The first-order chi connectivity index (χ1) is 14.2. The second-order valence-electron chi connectivity index (χ2n) is 7.47. The van der Waals surface area contributed by atoms with E-state index in [0.29, 0.717) is 18.7 Å². The molecule has 0 N–H and O–H groups in total. The van der Waals surface area contributed by atoms with Crippen molar-refractivity contribution in [2.75, 3.05) is 39.0 Å². The van der Waals surface area contributed by atoms with Crippen LogP contribution in [0.4, 0.5) is 0 Å². The van der Waals surface area contributed by atoms with Gasteiger partial charge in [0, 0.05) is 39.0 Å². The number of carbonyl (C=O) groups excluding carboxylic acids is 2. The van der Waals surface area contributed by atoms with E-state index in [4.69, 9.17) is 4.74 Å². The van der Waals surface area contributed by atoms with E-state index in [0.717, 1.165) is 25.9 Å². The number of aryl methyl sites for hydroxylation is 1. The first kappa shape index (κ1) is 22.0. The second kappa shape index (κ2) is 9.40. The van der Waals surface area contributed by atoms with Gasteiger partial charge in [-0.05, 0) is 30.2 Å². The van der Waals surface area contributed by atoms with Crippen molar-refractivity contribution in [3.63, 3.8) is 0 Å². The highest BCUT2D eigenvalue weighted by Gasteiger charge is 2.23. The molecule has 0 atom stereocenters. The van der Waals surface area contributed by atoms with Crippen molar-refractivity contribution in [2.45, 2.75) is 18.4 Å². The monoisotopic (exact) mass is 430 g/mol. The molecule has 2 aromatic rings. The lowest BCUT2D eigenvalue weighted by Gasteiger charge is -2.34. The number of amides is 1. The Hall–Kier alpha value is -2.71. The number of piperazine rings is 1. The topological polar surface area (TPSA) is 84.0 Å². The molecule has 0 unspecified atom stereocenters. The summed E-state index contributed by atoms with van der Waals surface area (Å²) in [4.78, 5) is 28.8. The molecule has 0 spiro atoms. The molecule has 7 nitrogen and oxygen atoms in total. The first-order valence-electron chi connectivity index (χ1n) is 9.76. The number of esters is 1. The van der Waals surface area contributed by atoms with Gasteiger partial charge in [0.1, 0.15) is 0 Å². The van der Waals surface area contributed by atoms with E-state index in [1.165, 1.54) is 17.7 Å². The molecule has 0 radical (unpaired) electrons. The van der Waals surface area contributed by atoms with Gasteiger partial charge in [0.15, 0.2) is 16.4 Å². The fraction of sp³-hybridized carbons (Fsp3) is 0.364. The Kier molecular flexibility index (Phi) is 6.89. The summed E-state index contributed by atoms with van der Waals surface area (Å²) in [5.74, 6) is -0.950. The van der Waals surface area contributed by atoms with Crippen molar-refractivity contribution < 1.29 is 22.7 Å². The minimum atomic E-state index is -3.44. The summed E-state index contributed by atoms with van der Waals surface area (Å²) in [5.41, 5.74) is 1.98. The molecular weight excluding hydrogens is 404 g/mol. The molecular formula is C22H26N2O5S. The first-order valence-corrected chi connectivity index (χ1v) is 11.6. The van der Waals surface area contributed by atoms with Crippen LogP contribution in [0.3, 0.4) is 0 Å². The zero-order chi connectivity index (χ0) is 21.7. The molecule has 0 saturated carbocycles. The van der Waals surface area contributed by atoms with Crippen LogP contribution in [0.25, 0.3) is 0 Å². The largest absolute Gasteiger partial charge is 0.452 e. The zero-order valence-electron chi connectivity index (χ0n) is 17.2. The Morgan fingerprint density at radius 1 is 1.00 bits per heavy atom. The van der Waals surface area contributed by atoms with Gasteiger partial charge in [0.2, 0.25) is 0 Å². The number of ether oxygens (including phenoxy) is 1. The quantitative estimate of drug-likeness (QED) is 0.651. The van der Waals surface area contributed by atoms with Crippen LogP contribution in [0.2, 0.25) is 0 Å². The Bertz CT molecular complexity index is 1010. The minimum absolute atomic E-state index is 0.0425. The van der Waals surface area contributed by atoms with Crippen molar-refractivity contribution in [2.24, 2.45) is 0 Å². The number of hydrogen-bond donors (Lipinski definition) is 0. The van der Waals surface area contributed by atoms with Crippen LogP contribution in [0.1, 0.15) is 21.5 Å². The Morgan fingerprint density at radius 2 is 1.67 bits per heavy atom. The van der Waals surface area contributed by atoms with Crippen molar-refractivity contribution >= 4 is 21.7 Å². The molecule has 30 heavy (non-hydrogen) atoms. The lowest BCUT2D eigenvalue weighted by molar-refractivity contribution is -0.136. The van der Waals surface area contributed by atoms with E-state index in [2.05, 4.69) is 17.0 Å². The lowest BCUT2D eigenvalue weighted by atomic mass is 10.1. The van der Waals surface area contributed by atoms with Gasteiger partial charge >= 0.3 is 5.97 Å². The number of carbonyl (C=O) groups is 2. The molecule has 1 saturated heterocycles. The standard InChI is InChI=1S/C22H26N2O5S/c1-17-8-9-19(30(2,27)28)14-20(17)22(26)29-16-21(25)24-12-10-23(11-13-24)15-18-6-4-3-5-7-18/h3-9,14H,10-13,15-16H2,1-2H3. The van der Waals surface area contributed by atoms with Crippen LogP contribution in [0.15, 0.2) is 53.4 Å². The zero-order valence-corrected chi connectivity index (χ0v) is 18.0. The minimum Gasteiger partial charge on any atom is -0.452 e. The maximum absolute atomic E-state index is 12.4. The van der Waals surface area contributed by atoms with Crippen LogP contribution < -0.4 is 0 Å². The van der Waals surface area contributed by atoms with Crippen LogP contribution in [0, 0.1) is 6.92 Å². The molecule has 3 rings (SSSR count). The average molecular weight is 431 g/mol. The number of benzene rings is 2. The highest BCUT2D eigenvalue weighted by Crippen LogP contribution is 2.17. The fourth-order valence-corrected chi connectivity index (χ4v) is 3.99. The maximum atomic E-state index is 12.4. The molecule has 0 aliphatic carbocycles. The lowest BCUT2D eigenvalue weighted by Crippen LogP contribution is -2.49. The average Bonchev–Trinajstić information content (AvgIpc) is 2.72. The predicted molar refractivity (Wildman–Crippen MR) is 113 cm³/mol. The summed E-state index contributed by atoms with van der Waals surface area (Å²) in [6.07, 6.45) is 1.08. The van der Waals surface area contributed by atoms with Gasteiger partial charge in [-0.3, -0.25) is 9.69 Å². The Labute approximate surface area is 177 Å². The Balaban J connectivity index is 1.51. The third kappa shape index (κ3) is 5.67. The molecule has 1 amide bonds. The van der Waals surface area contributed by atoms with Gasteiger partial charge in [-0.2, -0.15) is 0 Å². The summed E-state index contributed by atoms with van der Waals surface area (Å²) >= 11 is 0. The molecule has 160 valence electrons. The third-order valence-corrected chi connectivity index (χ3v) is 6.27. The van der Waals surface area contributed by atoms with Crippen molar-refractivity contribution in [3.8, 4) is 0 Å². The van der Waals surface area contributed by atoms with Gasteiger partial charge in [0.25, 0.3) is 5.91 Å². The van der Waals surface area contributed by atoms with E-state index in [1.54, 1.807) is 17.9 Å². The second-order valence-corrected chi connectivity index (χ2v) is 9.48. The Morgan fingerprint density at radius 3 is 2.30 bits per heavy atom. The number of nitrogens with zero attached hydrogens (tertiary/aromatic N) is 2. The summed E-state index contributed by atoms with van der Waals surface area (Å²) < 4.78 is 28.6.